The van der Waals surface area contributed by atoms with E-state index in [1.54, 1.807) is 30.5 Å². The summed E-state index contributed by atoms with van der Waals surface area (Å²) in [5.41, 5.74) is 1.82. The highest BCUT2D eigenvalue weighted by molar-refractivity contribution is 7.91. The van der Waals surface area contributed by atoms with Crippen LogP contribution < -0.4 is 16.0 Å². The van der Waals surface area contributed by atoms with E-state index in [1.165, 1.54) is 41.7 Å². The number of aromatic nitrogens is 1. The van der Waals surface area contributed by atoms with E-state index < -0.39 is 21.7 Å². The summed E-state index contributed by atoms with van der Waals surface area (Å²) in [5, 5.41) is 9.44. The molecular weight excluding hydrogens is 562 g/mol. The van der Waals surface area contributed by atoms with Gasteiger partial charge in [-0.25, -0.2) is 13.4 Å². The molecule has 208 valence electrons. The number of hydrogen-bond acceptors (Lipinski definition) is 8. The van der Waals surface area contributed by atoms with Crippen LogP contribution in [0.4, 0.5) is 5.69 Å². The van der Waals surface area contributed by atoms with Crippen LogP contribution in [-0.4, -0.2) is 62.2 Å². The first-order valence-electron chi connectivity index (χ1n) is 12.9. The summed E-state index contributed by atoms with van der Waals surface area (Å²) in [7, 11) is -3.95. The lowest BCUT2D eigenvalue weighted by Gasteiger charge is -2.27. The van der Waals surface area contributed by atoms with Crippen LogP contribution in [0.25, 0.3) is 10.6 Å². The second-order valence-corrected chi connectivity index (χ2v) is 12.6. The van der Waals surface area contributed by atoms with Crippen LogP contribution in [0.2, 0.25) is 0 Å². The molecule has 1 saturated heterocycles. The summed E-state index contributed by atoms with van der Waals surface area (Å²) >= 11 is 1.42. The fraction of sp³-hybridized carbons (Fsp3) is 0.172. The normalized spacial score (nSPS) is 15.7. The first-order chi connectivity index (χ1) is 19.8. The lowest BCUT2D eigenvalue weighted by molar-refractivity contribution is 0.0735. The Hall–Kier alpha value is -4.39. The number of benzene rings is 3. The molecule has 2 aliphatic rings. The molecule has 0 atom stereocenters. The lowest BCUT2D eigenvalue weighted by Crippen LogP contribution is -2.46. The number of rotatable bonds is 5. The maximum absolute atomic E-state index is 13.2. The van der Waals surface area contributed by atoms with Crippen molar-refractivity contribution in [1.82, 2.24) is 20.5 Å². The van der Waals surface area contributed by atoms with E-state index in [1.807, 2.05) is 17.0 Å². The van der Waals surface area contributed by atoms with Crippen molar-refractivity contribution in [2.24, 2.45) is 0 Å². The van der Waals surface area contributed by atoms with Crippen molar-refractivity contribution in [2.75, 3.05) is 31.5 Å². The van der Waals surface area contributed by atoms with Crippen LogP contribution in [-0.2, 0) is 16.4 Å². The predicted molar refractivity (Wildman–Crippen MR) is 154 cm³/mol. The molecule has 3 heterocycles. The standard InChI is InChI=1S/C29H25N5O5S2/c35-26(20-9-10-25-23(15-20)33-27(36)22-3-1-2-4-24(22)41(25,38)39)31-16-21-17-32-28(40-21)18-5-7-19(8-6-18)29(37)34-13-11-30-12-14-34/h1-10,15,17,30H,11-14,16H2,(H,31,35)(H,33,36). The van der Waals surface area contributed by atoms with Crippen molar-refractivity contribution in [3.8, 4) is 10.6 Å². The molecule has 1 aromatic heterocycles. The first-order valence-corrected chi connectivity index (χ1v) is 15.2. The average Bonchev–Trinajstić information content (AvgIpc) is 3.46. The van der Waals surface area contributed by atoms with Crippen LogP contribution in [0.3, 0.4) is 0 Å². The number of carbonyl (C=O) groups excluding carboxylic acids is 3. The monoisotopic (exact) mass is 587 g/mol. The summed E-state index contributed by atoms with van der Waals surface area (Å²) in [6, 6.07) is 17.5. The van der Waals surface area contributed by atoms with Crippen LogP contribution in [0.5, 0.6) is 0 Å². The summed E-state index contributed by atoms with van der Waals surface area (Å²) in [6.07, 6.45) is 1.68. The van der Waals surface area contributed by atoms with Crippen molar-refractivity contribution < 1.29 is 22.8 Å². The maximum atomic E-state index is 13.2. The second kappa shape index (κ2) is 10.9. The van der Waals surface area contributed by atoms with E-state index in [9.17, 15) is 22.8 Å². The van der Waals surface area contributed by atoms with Gasteiger partial charge in [-0.05, 0) is 42.5 Å². The van der Waals surface area contributed by atoms with Gasteiger partial charge in [-0.2, -0.15) is 0 Å². The molecular formula is C29H25N5O5S2. The van der Waals surface area contributed by atoms with Gasteiger partial charge in [0.1, 0.15) is 5.01 Å². The molecule has 4 aromatic rings. The van der Waals surface area contributed by atoms with Crippen molar-refractivity contribution in [1.29, 1.82) is 0 Å². The molecule has 1 fully saturated rings. The van der Waals surface area contributed by atoms with E-state index >= 15 is 0 Å². The summed E-state index contributed by atoms with van der Waals surface area (Å²) in [6.45, 7) is 3.18. The molecule has 0 aliphatic carbocycles. The fourth-order valence-corrected chi connectivity index (χ4v) is 7.25. The Morgan fingerprint density at radius 2 is 1.68 bits per heavy atom. The summed E-state index contributed by atoms with van der Waals surface area (Å²) in [5.74, 6) is -0.967. The van der Waals surface area contributed by atoms with Crippen molar-refractivity contribution in [3.63, 3.8) is 0 Å². The molecule has 6 rings (SSSR count). The third kappa shape index (κ3) is 5.24. The molecule has 0 spiro atoms. The third-order valence-electron chi connectivity index (χ3n) is 6.96. The third-order valence-corrected chi connectivity index (χ3v) is 9.88. The number of piperazine rings is 1. The molecule has 0 bridgehead atoms. The van der Waals surface area contributed by atoms with Crippen LogP contribution >= 0.6 is 11.3 Å². The quantitative estimate of drug-likeness (QED) is 0.326. The van der Waals surface area contributed by atoms with Gasteiger partial charge in [0.2, 0.25) is 9.84 Å². The van der Waals surface area contributed by atoms with Crippen LogP contribution in [0.1, 0.15) is 36.0 Å². The molecule has 0 radical (unpaired) electrons. The zero-order chi connectivity index (χ0) is 28.6. The Morgan fingerprint density at radius 3 is 2.46 bits per heavy atom. The summed E-state index contributed by atoms with van der Waals surface area (Å²) in [4.78, 5) is 45.3. The number of amides is 3. The number of sulfone groups is 1. The largest absolute Gasteiger partial charge is 0.347 e. The fourth-order valence-electron chi connectivity index (χ4n) is 4.80. The second-order valence-electron chi connectivity index (χ2n) is 9.60. The highest BCUT2D eigenvalue weighted by Gasteiger charge is 2.31. The van der Waals surface area contributed by atoms with Crippen molar-refractivity contribution in [2.45, 2.75) is 16.3 Å². The molecule has 12 heteroatoms. The van der Waals surface area contributed by atoms with Gasteiger partial charge >= 0.3 is 0 Å². The van der Waals surface area contributed by atoms with E-state index in [0.29, 0.717) is 18.7 Å². The number of thiazole rings is 1. The van der Waals surface area contributed by atoms with Gasteiger partial charge in [0.15, 0.2) is 0 Å². The molecule has 3 aromatic carbocycles. The van der Waals surface area contributed by atoms with Crippen molar-refractivity contribution >= 4 is 44.6 Å². The zero-order valence-corrected chi connectivity index (χ0v) is 23.3. The smallest absolute Gasteiger partial charge is 0.257 e. The Kier molecular flexibility index (Phi) is 7.12. The highest BCUT2D eigenvalue weighted by Crippen LogP contribution is 2.34. The minimum atomic E-state index is -3.95. The summed E-state index contributed by atoms with van der Waals surface area (Å²) < 4.78 is 26.4. The minimum Gasteiger partial charge on any atom is -0.347 e. The van der Waals surface area contributed by atoms with Crippen LogP contribution in [0, 0.1) is 0 Å². The number of nitrogens with zero attached hydrogens (tertiary/aromatic N) is 2. The number of nitrogens with one attached hydrogen (secondary N) is 3. The Bertz CT molecular complexity index is 1780. The number of hydrogen-bond donors (Lipinski definition) is 3. The Morgan fingerprint density at radius 1 is 0.951 bits per heavy atom. The minimum absolute atomic E-state index is 0.0140. The lowest BCUT2D eigenvalue weighted by atomic mass is 10.1. The van der Waals surface area contributed by atoms with Gasteiger partial charge in [-0.1, -0.05) is 24.3 Å². The number of carbonyl (C=O) groups is 3. The number of fused-ring (bicyclic) bond motifs is 2. The predicted octanol–water partition coefficient (Wildman–Crippen LogP) is 3.18. The first kappa shape index (κ1) is 26.8. The molecule has 41 heavy (non-hydrogen) atoms. The number of anilines is 1. The van der Waals surface area contributed by atoms with Crippen LogP contribution in [0.15, 0.2) is 82.7 Å². The molecule has 0 saturated carbocycles. The zero-order valence-electron chi connectivity index (χ0n) is 21.7. The molecule has 3 amide bonds. The van der Waals surface area contributed by atoms with Gasteiger partial charge in [-0.3, -0.25) is 14.4 Å². The van der Waals surface area contributed by atoms with E-state index in [0.717, 1.165) is 28.5 Å². The van der Waals surface area contributed by atoms with E-state index in [-0.39, 0.29) is 39.1 Å². The Balaban J connectivity index is 1.13. The van der Waals surface area contributed by atoms with Gasteiger partial charge in [0.25, 0.3) is 17.7 Å². The molecule has 2 aliphatic heterocycles. The van der Waals surface area contributed by atoms with Gasteiger partial charge in [0, 0.05) is 53.9 Å². The molecule has 3 N–H and O–H groups in total. The SMILES string of the molecule is O=C(NCc1cnc(-c2ccc(C(=O)N3CCNCC3)cc2)s1)c1ccc2c(c1)NC(=O)c1ccccc1S2(=O)=O. The topological polar surface area (TPSA) is 138 Å². The van der Waals surface area contributed by atoms with Gasteiger partial charge in [-0.15, -0.1) is 11.3 Å². The average molecular weight is 588 g/mol. The Labute approximate surface area is 240 Å². The van der Waals surface area contributed by atoms with Crippen molar-refractivity contribution in [3.05, 3.63) is 94.5 Å². The van der Waals surface area contributed by atoms with E-state index in [4.69, 9.17) is 0 Å². The molecule has 0 unspecified atom stereocenters. The van der Waals surface area contributed by atoms with Gasteiger partial charge < -0.3 is 20.9 Å². The van der Waals surface area contributed by atoms with Gasteiger partial charge in [0.05, 0.1) is 27.6 Å². The maximum Gasteiger partial charge on any atom is 0.257 e. The highest BCUT2D eigenvalue weighted by atomic mass is 32.2. The van der Waals surface area contributed by atoms with E-state index in [2.05, 4.69) is 20.9 Å². The molecule has 10 nitrogen and oxygen atoms in total.